The molecule has 0 unspecified atom stereocenters. The van der Waals surface area contributed by atoms with Crippen LogP contribution in [0.4, 0.5) is 11.5 Å². The van der Waals surface area contributed by atoms with Gasteiger partial charge in [0, 0.05) is 42.7 Å². The molecule has 0 spiro atoms. The maximum absolute atomic E-state index is 5.54. The van der Waals surface area contributed by atoms with Gasteiger partial charge in [-0.25, -0.2) is 4.98 Å². The van der Waals surface area contributed by atoms with E-state index < -0.39 is 0 Å². The molecule has 0 saturated heterocycles. The smallest absolute Gasteiger partial charge is 0.125 e. The SMILES string of the molecule is C=C1Cc2cc(-c3ccc(NCCOCCOCCOCCN)nc3)ccc2N1. The summed E-state index contributed by atoms with van der Waals surface area (Å²) >= 11 is 0. The van der Waals surface area contributed by atoms with Crippen LogP contribution in [0.25, 0.3) is 11.1 Å². The van der Waals surface area contributed by atoms with Crippen molar-refractivity contribution in [3.63, 3.8) is 0 Å². The van der Waals surface area contributed by atoms with E-state index in [1.54, 1.807) is 0 Å². The molecule has 3 rings (SSSR count). The maximum atomic E-state index is 5.54. The van der Waals surface area contributed by atoms with Crippen LogP contribution < -0.4 is 16.4 Å². The number of hydrogen-bond acceptors (Lipinski definition) is 7. The summed E-state index contributed by atoms with van der Waals surface area (Å²) in [6.45, 7) is 8.64. The van der Waals surface area contributed by atoms with Gasteiger partial charge in [0.05, 0.1) is 39.6 Å². The largest absolute Gasteiger partial charge is 0.378 e. The highest BCUT2D eigenvalue weighted by molar-refractivity contribution is 5.72. The summed E-state index contributed by atoms with van der Waals surface area (Å²) < 4.78 is 16.2. The standard InChI is InChI=1S/C22H30N4O3/c1-17-14-20-15-18(2-4-21(20)26-17)19-3-5-22(25-16-19)24-7-9-28-11-13-29-12-10-27-8-6-23/h2-5,15-16,26H,1,6-14,23H2,(H,24,25). The minimum atomic E-state index is 0.538. The molecule has 1 aliphatic heterocycles. The van der Waals surface area contributed by atoms with Gasteiger partial charge >= 0.3 is 0 Å². The number of fused-ring (bicyclic) bond motifs is 1. The number of aromatic nitrogens is 1. The highest BCUT2D eigenvalue weighted by Gasteiger charge is 2.13. The Balaban J connectivity index is 1.31. The summed E-state index contributed by atoms with van der Waals surface area (Å²) in [6.07, 6.45) is 2.77. The Kier molecular flexibility index (Phi) is 8.45. The van der Waals surface area contributed by atoms with E-state index in [0.29, 0.717) is 52.7 Å². The number of ether oxygens (including phenoxy) is 3. The van der Waals surface area contributed by atoms with Gasteiger partial charge in [-0.3, -0.25) is 0 Å². The molecule has 2 heterocycles. The average Bonchev–Trinajstić information content (AvgIpc) is 3.11. The summed E-state index contributed by atoms with van der Waals surface area (Å²) in [5.74, 6) is 0.835. The molecule has 0 atom stereocenters. The van der Waals surface area contributed by atoms with Gasteiger partial charge in [0.25, 0.3) is 0 Å². The predicted molar refractivity (Wildman–Crippen MR) is 116 cm³/mol. The van der Waals surface area contributed by atoms with Crippen LogP contribution in [0.1, 0.15) is 5.56 Å². The fourth-order valence-electron chi connectivity index (χ4n) is 3.05. The molecule has 1 aromatic carbocycles. The van der Waals surface area contributed by atoms with Gasteiger partial charge in [0.2, 0.25) is 0 Å². The topological polar surface area (TPSA) is 90.7 Å². The number of nitrogens with two attached hydrogens (primary N) is 1. The van der Waals surface area contributed by atoms with Crippen LogP contribution in [0.15, 0.2) is 48.8 Å². The van der Waals surface area contributed by atoms with Crippen molar-refractivity contribution in [2.45, 2.75) is 6.42 Å². The molecule has 4 N–H and O–H groups in total. The van der Waals surface area contributed by atoms with Gasteiger partial charge in [0.1, 0.15) is 5.82 Å². The molecule has 1 aromatic heterocycles. The Morgan fingerprint density at radius 3 is 2.41 bits per heavy atom. The summed E-state index contributed by atoms with van der Waals surface area (Å²) in [6, 6.07) is 10.5. The van der Waals surface area contributed by atoms with Crippen molar-refractivity contribution in [2.75, 3.05) is 63.4 Å². The van der Waals surface area contributed by atoms with Crippen molar-refractivity contribution in [2.24, 2.45) is 5.73 Å². The Morgan fingerprint density at radius 2 is 1.69 bits per heavy atom. The van der Waals surface area contributed by atoms with Crippen LogP contribution in [0.5, 0.6) is 0 Å². The van der Waals surface area contributed by atoms with E-state index in [9.17, 15) is 0 Å². The third-order valence-electron chi connectivity index (χ3n) is 4.48. The van der Waals surface area contributed by atoms with Crippen molar-refractivity contribution < 1.29 is 14.2 Å². The first-order valence-corrected chi connectivity index (χ1v) is 9.97. The number of benzene rings is 1. The molecule has 0 amide bonds. The minimum Gasteiger partial charge on any atom is -0.378 e. The van der Waals surface area contributed by atoms with Gasteiger partial charge in [-0.15, -0.1) is 0 Å². The first kappa shape index (κ1) is 21.3. The summed E-state index contributed by atoms with van der Waals surface area (Å²) in [7, 11) is 0. The lowest BCUT2D eigenvalue weighted by Crippen LogP contribution is -2.15. The third-order valence-corrected chi connectivity index (χ3v) is 4.48. The van der Waals surface area contributed by atoms with Crippen molar-refractivity contribution in [1.29, 1.82) is 0 Å². The summed E-state index contributed by atoms with van der Waals surface area (Å²) in [5, 5.41) is 6.56. The molecule has 0 radical (unpaired) electrons. The molecule has 29 heavy (non-hydrogen) atoms. The first-order valence-electron chi connectivity index (χ1n) is 9.97. The Labute approximate surface area is 172 Å². The number of rotatable bonds is 13. The van der Waals surface area contributed by atoms with Crippen LogP contribution >= 0.6 is 0 Å². The number of pyridine rings is 1. The third kappa shape index (κ3) is 6.83. The Hall–Kier alpha value is -2.45. The van der Waals surface area contributed by atoms with Crippen LogP contribution in [-0.4, -0.2) is 57.7 Å². The number of nitrogens with zero attached hydrogens (tertiary/aromatic N) is 1. The minimum absolute atomic E-state index is 0.538. The molecule has 0 aliphatic carbocycles. The Bertz CT molecular complexity index is 780. The van der Waals surface area contributed by atoms with Gasteiger partial charge in [0.15, 0.2) is 0 Å². The zero-order chi connectivity index (χ0) is 20.3. The van der Waals surface area contributed by atoms with Crippen LogP contribution in [0.3, 0.4) is 0 Å². The summed E-state index contributed by atoms with van der Waals surface area (Å²) in [5.41, 5.74) is 11.1. The predicted octanol–water partition coefficient (Wildman–Crippen LogP) is 2.65. The molecule has 156 valence electrons. The second-order valence-corrected chi connectivity index (χ2v) is 6.76. The molecule has 7 heteroatoms. The van der Waals surface area contributed by atoms with Crippen LogP contribution in [0, 0.1) is 0 Å². The fraction of sp³-hybridized carbons (Fsp3) is 0.409. The van der Waals surface area contributed by atoms with Gasteiger partial charge in [-0.2, -0.15) is 0 Å². The highest BCUT2D eigenvalue weighted by Crippen LogP contribution is 2.31. The van der Waals surface area contributed by atoms with E-state index in [1.165, 1.54) is 5.56 Å². The molecule has 1 aliphatic rings. The van der Waals surface area contributed by atoms with Crippen molar-refractivity contribution >= 4 is 11.5 Å². The molecular weight excluding hydrogens is 368 g/mol. The van der Waals surface area contributed by atoms with E-state index in [1.807, 2.05) is 12.3 Å². The first-order chi connectivity index (χ1) is 14.3. The second-order valence-electron chi connectivity index (χ2n) is 6.76. The molecule has 0 fully saturated rings. The van der Waals surface area contributed by atoms with Gasteiger partial charge in [-0.05, 0) is 35.4 Å². The maximum Gasteiger partial charge on any atom is 0.125 e. The molecule has 0 saturated carbocycles. The van der Waals surface area contributed by atoms with Crippen LogP contribution in [-0.2, 0) is 20.6 Å². The normalized spacial score (nSPS) is 12.7. The van der Waals surface area contributed by atoms with Crippen molar-refractivity contribution in [1.82, 2.24) is 4.98 Å². The van der Waals surface area contributed by atoms with E-state index in [0.717, 1.165) is 34.8 Å². The van der Waals surface area contributed by atoms with E-state index in [2.05, 4.69) is 46.5 Å². The average molecular weight is 399 g/mol. The highest BCUT2D eigenvalue weighted by atomic mass is 16.5. The van der Waals surface area contributed by atoms with E-state index in [4.69, 9.17) is 19.9 Å². The lowest BCUT2D eigenvalue weighted by Gasteiger charge is -2.09. The zero-order valence-electron chi connectivity index (χ0n) is 16.8. The monoisotopic (exact) mass is 398 g/mol. The van der Waals surface area contributed by atoms with Crippen molar-refractivity contribution in [3.8, 4) is 11.1 Å². The molecule has 7 nitrogen and oxygen atoms in total. The summed E-state index contributed by atoms with van der Waals surface area (Å²) in [4.78, 5) is 4.50. The lowest BCUT2D eigenvalue weighted by molar-refractivity contribution is 0.0179. The zero-order valence-corrected chi connectivity index (χ0v) is 16.8. The van der Waals surface area contributed by atoms with Crippen molar-refractivity contribution in [3.05, 3.63) is 54.4 Å². The van der Waals surface area contributed by atoms with Crippen LogP contribution in [0.2, 0.25) is 0 Å². The van der Waals surface area contributed by atoms with Gasteiger partial charge < -0.3 is 30.6 Å². The fourth-order valence-corrected chi connectivity index (χ4v) is 3.05. The number of hydrogen-bond donors (Lipinski definition) is 3. The van der Waals surface area contributed by atoms with Gasteiger partial charge in [-0.1, -0.05) is 12.6 Å². The van der Waals surface area contributed by atoms with E-state index >= 15 is 0 Å². The number of anilines is 2. The number of nitrogens with one attached hydrogen (secondary N) is 2. The lowest BCUT2D eigenvalue weighted by atomic mass is 10.0. The number of allylic oxidation sites excluding steroid dienone is 1. The molecule has 0 bridgehead atoms. The quantitative estimate of drug-likeness (QED) is 0.447. The Morgan fingerprint density at radius 1 is 0.966 bits per heavy atom. The second kappa shape index (κ2) is 11.5. The molecule has 2 aromatic rings. The molecular formula is C22H30N4O3. The van der Waals surface area contributed by atoms with E-state index in [-0.39, 0.29) is 0 Å².